The molecule has 0 unspecified atom stereocenters. The van der Waals surface area contributed by atoms with Crippen LogP contribution in [0.1, 0.15) is 53.0 Å². The molecule has 0 spiro atoms. The quantitative estimate of drug-likeness (QED) is 0.683. The molecule has 0 aliphatic carbocycles. The van der Waals surface area contributed by atoms with Crippen LogP contribution in [0.2, 0.25) is 0 Å². The molecule has 1 aliphatic rings. The SMILES string of the molecule is CCC(CC)(C(N)=S)N1C(=O)c2ccc(C)cc2C1=O. The number of benzene rings is 1. The second kappa shape index (κ2) is 4.98. The van der Waals surface area contributed by atoms with E-state index >= 15 is 0 Å². The van der Waals surface area contributed by atoms with E-state index in [9.17, 15) is 9.59 Å². The van der Waals surface area contributed by atoms with Crippen LogP contribution in [0.4, 0.5) is 0 Å². The average molecular weight is 290 g/mol. The largest absolute Gasteiger partial charge is 0.391 e. The Morgan fingerprint density at radius 1 is 1.20 bits per heavy atom. The fraction of sp³-hybridized carbons (Fsp3) is 0.400. The molecule has 2 rings (SSSR count). The first-order valence-corrected chi connectivity index (χ1v) is 7.09. The number of carbonyl (C=O) groups is 2. The van der Waals surface area contributed by atoms with Crippen LogP contribution in [0.5, 0.6) is 0 Å². The highest BCUT2D eigenvalue weighted by molar-refractivity contribution is 7.80. The molecule has 1 aromatic rings. The van der Waals surface area contributed by atoms with Crippen molar-refractivity contribution in [3.63, 3.8) is 0 Å². The standard InChI is InChI=1S/C15H18N2O2S/c1-4-15(5-2,14(16)20)17-12(18)10-7-6-9(3)8-11(10)13(17)19/h6-8H,4-5H2,1-3H3,(H2,16,20). The van der Waals surface area contributed by atoms with E-state index < -0.39 is 5.54 Å². The van der Waals surface area contributed by atoms with Crippen LogP contribution in [-0.4, -0.2) is 27.2 Å². The van der Waals surface area contributed by atoms with Crippen molar-refractivity contribution in [2.24, 2.45) is 5.73 Å². The van der Waals surface area contributed by atoms with E-state index in [0.29, 0.717) is 24.0 Å². The minimum absolute atomic E-state index is 0.189. The fourth-order valence-corrected chi connectivity index (χ4v) is 3.15. The van der Waals surface area contributed by atoms with Gasteiger partial charge in [0.15, 0.2) is 0 Å². The monoisotopic (exact) mass is 290 g/mol. The van der Waals surface area contributed by atoms with E-state index in [1.165, 1.54) is 4.90 Å². The highest BCUT2D eigenvalue weighted by Crippen LogP contribution is 2.34. The lowest BCUT2D eigenvalue weighted by atomic mass is 9.90. The molecule has 0 saturated carbocycles. The highest BCUT2D eigenvalue weighted by Gasteiger charge is 2.48. The Hall–Kier alpha value is -1.75. The molecule has 1 aromatic carbocycles. The van der Waals surface area contributed by atoms with Gasteiger partial charge in [0.05, 0.1) is 16.1 Å². The number of amides is 2. The first kappa shape index (κ1) is 14.7. The Labute approximate surface area is 123 Å². The molecule has 2 amide bonds. The van der Waals surface area contributed by atoms with Crippen molar-refractivity contribution >= 4 is 29.0 Å². The van der Waals surface area contributed by atoms with E-state index in [0.717, 1.165) is 5.56 Å². The van der Waals surface area contributed by atoms with Gasteiger partial charge in [-0.15, -0.1) is 0 Å². The zero-order valence-corrected chi connectivity index (χ0v) is 12.7. The lowest BCUT2D eigenvalue weighted by molar-refractivity contribution is 0.0512. The van der Waals surface area contributed by atoms with Crippen molar-refractivity contribution in [3.8, 4) is 0 Å². The molecule has 0 atom stereocenters. The number of rotatable bonds is 4. The third-order valence-corrected chi connectivity index (χ3v) is 4.48. The molecule has 5 heteroatoms. The van der Waals surface area contributed by atoms with Crippen molar-refractivity contribution in [2.75, 3.05) is 0 Å². The third-order valence-electron chi connectivity index (χ3n) is 4.10. The van der Waals surface area contributed by atoms with Crippen LogP contribution in [0, 0.1) is 6.92 Å². The maximum Gasteiger partial charge on any atom is 0.262 e. The number of nitrogens with zero attached hydrogens (tertiary/aromatic N) is 1. The van der Waals surface area contributed by atoms with Crippen LogP contribution < -0.4 is 5.73 Å². The summed E-state index contributed by atoms with van der Waals surface area (Å²) >= 11 is 5.14. The molecule has 0 saturated heterocycles. The summed E-state index contributed by atoms with van der Waals surface area (Å²) in [5.74, 6) is -0.605. The summed E-state index contributed by atoms with van der Waals surface area (Å²) in [7, 11) is 0. The summed E-state index contributed by atoms with van der Waals surface area (Å²) in [6.07, 6.45) is 1.03. The van der Waals surface area contributed by atoms with Gasteiger partial charge in [0, 0.05) is 0 Å². The molecule has 1 aliphatic heterocycles. The van der Waals surface area contributed by atoms with E-state index in [-0.39, 0.29) is 16.8 Å². The topological polar surface area (TPSA) is 63.4 Å². The minimum atomic E-state index is -0.879. The Kier molecular flexibility index (Phi) is 3.65. The normalized spacial score (nSPS) is 14.7. The number of hydrogen-bond acceptors (Lipinski definition) is 3. The molecule has 106 valence electrons. The number of thiocarbonyl (C=S) groups is 1. The highest BCUT2D eigenvalue weighted by atomic mass is 32.1. The molecule has 0 bridgehead atoms. The summed E-state index contributed by atoms with van der Waals surface area (Å²) in [6.45, 7) is 5.66. The van der Waals surface area contributed by atoms with Gasteiger partial charge in [-0.25, -0.2) is 0 Å². The van der Waals surface area contributed by atoms with Crippen LogP contribution in [0.15, 0.2) is 18.2 Å². The molecule has 0 aromatic heterocycles. The smallest absolute Gasteiger partial charge is 0.262 e. The molecular weight excluding hydrogens is 272 g/mol. The zero-order valence-electron chi connectivity index (χ0n) is 11.9. The summed E-state index contributed by atoms with van der Waals surface area (Å²) < 4.78 is 0. The Morgan fingerprint density at radius 2 is 1.75 bits per heavy atom. The van der Waals surface area contributed by atoms with Crippen LogP contribution in [0.3, 0.4) is 0 Å². The van der Waals surface area contributed by atoms with E-state index in [1.807, 2.05) is 26.8 Å². The van der Waals surface area contributed by atoms with Crippen LogP contribution in [-0.2, 0) is 0 Å². The second-order valence-electron chi connectivity index (χ2n) is 5.10. The maximum atomic E-state index is 12.6. The minimum Gasteiger partial charge on any atom is -0.391 e. The fourth-order valence-electron chi connectivity index (χ4n) is 2.77. The van der Waals surface area contributed by atoms with E-state index in [1.54, 1.807) is 12.1 Å². The van der Waals surface area contributed by atoms with Crippen molar-refractivity contribution in [1.82, 2.24) is 4.90 Å². The van der Waals surface area contributed by atoms with Crippen molar-refractivity contribution < 1.29 is 9.59 Å². The first-order valence-electron chi connectivity index (χ1n) is 6.68. The predicted octanol–water partition coefficient (Wildman–Crippen LogP) is 2.44. The van der Waals surface area contributed by atoms with Crippen molar-refractivity contribution in [1.29, 1.82) is 0 Å². The van der Waals surface area contributed by atoms with Gasteiger partial charge in [-0.05, 0) is 31.9 Å². The Balaban J connectivity index is 2.59. The lowest BCUT2D eigenvalue weighted by Crippen LogP contribution is -2.58. The van der Waals surface area contributed by atoms with Gasteiger partial charge in [-0.1, -0.05) is 37.7 Å². The lowest BCUT2D eigenvalue weighted by Gasteiger charge is -2.38. The molecule has 0 fully saturated rings. The average Bonchev–Trinajstić information content (AvgIpc) is 2.65. The van der Waals surface area contributed by atoms with Gasteiger partial charge in [-0.3, -0.25) is 14.5 Å². The summed E-state index contributed by atoms with van der Waals surface area (Å²) in [4.78, 5) is 26.6. The van der Waals surface area contributed by atoms with E-state index in [4.69, 9.17) is 18.0 Å². The van der Waals surface area contributed by atoms with Crippen molar-refractivity contribution in [3.05, 3.63) is 34.9 Å². The molecule has 20 heavy (non-hydrogen) atoms. The molecule has 2 N–H and O–H groups in total. The number of carbonyl (C=O) groups excluding carboxylic acids is 2. The molecule has 4 nitrogen and oxygen atoms in total. The predicted molar refractivity (Wildman–Crippen MR) is 81.8 cm³/mol. The number of imide groups is 1. The summed E-state index contributed by atoms with van der Waals surface area (Å²) in [5.41, 5.74) is 6.79. The van der Waals surface area contributed by atoms with E-state index in [2.05, 4.69) is 0 Å². The van der Waals surface area contributed by atoms with Crippen molar-refractivity contribution in [2.45, 2.75) is 39.2 Å². The van der Waals surface area contributed by atoms with Crippen LogP contribution >= 0.6 is 12.2 Å². The van der Waals surface area contributed by atoms with Crippen LogP contribution in [0.25, 0.3) is 0 Å². The number of nitrogens with two attached hydrogens (primary N) is 1. The summed E-state index contributed by atoms with van der Waals surface area (Å²) in [6, 6.07) is 5.26. The third kappa shape index (κ3) is 1.85. The van der Waals surface area contributed by atoms with Gasteiger partial charge >= 0.3 is 0 Å². The molecule has 0 radical (unpaired) electrons. The van der Waals surface area contributed by atoms with Gasteiger partial charge in [0.2, 0.25) is 0 Å². The Bertz CT molecular complexity index is 606. The van der Waals surface area contributed by atoms with Gasteiger partial charge in [0.1, 0.15) is 5.54 Å². The summed E-state index contributed by atoms with van der Waals surface area (Å²) in [5, 5.41) is 0. The number of aryl methyl sites for hydroxylation is 1. The molecular formula is C15H18N2O2S. The first-order chi connectivity index (χ1) is 9.39. The zero-order chi connectivity index (χ0) is 15.1. The molecule has 1 heterocycles. The van der Waals surface area contributed by atoms with Gasteiger partial charge in [0.25, 0.3) is 11.8 Å². The number of hydrogen-bond donors (Lipinski definition) is 1. The Morgan fingerprint density at radius 3 is 2.25 bits per heavy atom. The number of fused-ring (bicyclic) bond motifs is 1. The van der Waals surface area contributed by atoms with Gasteiger partial charge < -0.3 is 5.73 Å². The second-order valence-corrected chi connectivity index (χ2v) is 5.54. The maximum absolute atomic E-state index is 12.6. The van der Waals surface area contributed by atoms with Gasteiger partial charge in [-0.2, -0.15) is 0 Å².